The van der Waals surface area contributed by atoms with Crippen LogP contribution in [0, 0.1) is 0 Å². The molecule has 144 valence electrons. The van der Waals surface area contributed by atoms with E-state index in [1.165, 1.54) is 0 Å². The Kier molecular flexibility index (Phi) is 5.16. The van der Waals surface area contributed by atoms with Gasteiger partial charge >= 0.3 is 5.97 Å². The van der Waals surface area contributed by atoms with E-state index in [-0.39, 0.29) is 12.2 Å². The third kappa shape index (κ3) is 4.22. The molecule has 4 rings (SSSR count). The minimum absolute atomic E-state index is 0.110. The molecule has 0 saturated heterocycles. The molecule has 0 unspecified atom stereocenters. The average molecular weight is 383 g/mol. The molecule has 0 bridgehead atoms. The number of aromatic hydroxyl groups is 1. The highest BCUT2D eigenvalue weighted by Gasteiger charge is 2.10. The number of benzene rings is 3. The minimum atomic E-state index is -0.795. The molecule has 1 heterocycles. The van der Waals surface area contributed by atoms with Crippen molar-refractivity contribution in [3.63, 3.8) is 0 Å². The minimum Gasteiger partial charge on any atom is -0.508 e. The second-order valence-corrected chi connectivity index (χ2v) is 6.96. The van der Waals surface area contributed by atoms with Gasteiger partial charge in [-0.25, -0.2) is 0 Å². The van der Waals surface area contributed by atoms with Crippen LogP contribution in [-0.4, -0.2) is 20.7 Å². The highest BCUT2D eigenvalue weighted by atomic mass is 16.4. The largest absolute Gasteiger partial charge is 0.508 e. The van der Waals surface area contributed by atoms with E-state index in [0.29, 0.717) is 6.42 Å². The summed E-state index contributed by atoms with van der Waals surface area (Å²) in [7, 11) is 0. The van der Waals surface area contributed by atoms with Crippen molar-refractivity contribution in [1.29, 1.82) is 0 Å². The number of carboxylic acids is 1. The molecule has 0 aliphatic heterocycles. The molecule has 0 spiro atoms. The van der Waals surface area contributed by atoms with Crippen LogP contribution in [0.1, 0.15) is 23.1 Å². The average Bonchev–Trinajstić information content (AvgIpc) is 3.10. The third-order valence-corrected chi connectivity index (χ3v) is 4.91. The van der Waals surface area contributed by atoms with E-state index in [2.05, 4.69) is 29.0 Å². The molecule has 0 aliphatic carbocycles. The summed E-state index contributed by atoms with van der Waals surface area (Å²) in [6.07, 6.45) is 6.82. The number of hydrogen-bond acceptors (Lipinski definition) is 2. The van der Waals surface area contributed by atoms with Gasteiger partial charge in [0, 0.05) is 29.3 Å². The van der Waals surface area contributed by atoms with Crippen LogP contribution in [-0.2, 0) is 11.2 Å². The predicted octanol–water partition coefficient (Wildman–Crippen LogP) is 5.52. The van der Waals surface area contributed by atoms with Gasteiger partial charge in [-0.05, 0) is 53.9 Å². The van der Waals surface area contributed by atoms with Gasteiger partial charge in [-0.3, -0.25) is 4.79 Å². The van der Waals surface area contributed by atoms with Gasteiger partial charge in [-0.2, -0.15) is 0 Å². The van der Waals surface area contributed by atoms with Crippen molar-refractivity contribution in [1.82, 2.24) is 4.57 Å². The summed E-state index contributed by atoms with van der Waals surface area (Å²) >= 11 is 0. The maximum absolute atomic E-state index is 10.9. The lowest BCUT2D eigenvalue weighted by Crippen LogP contribution is -1.97. The van der Waals surface area contributed by atoms with E-state index in [1.54, 1.807) is 12.1 Å². The Morgan fingerprint density at radius 2 is 1.69 bits per heavy atom. The maximum atomic E-state index is 10.9. The molecule has 0 amide bonds. The molecule has 0 aliphatic rings. The number of aryl methyl sites for hydroxylation is 1. The SMILES string of the molecule is O=C(O)CCc1ccc2c(c1)c(C=Cc1ccccc1)cn2-c1ccc(O)cc1. The first-order valence-corrected chi connectivity index (χ1v) is 9.48. The molecule has 4 heteroatoms. The van der Waals surface area contributed by atoms with Crippen LogP contribution < -0.4 is 0 Å². The second kappa shape index (κ2) is 8.07. The van der Waals surface area contributed by atoms with E-state index in [9.17, 15) is 9.90 Å². The summed E-state index contributed by atoms with van der Waals surface area (Å²) in [6, 6.07) is 23.3. The van der Waals surface area contributed by atoms with Crippen molar-refractivity contribution in [2.45, 2.75) is 12.8 Å². The molecule has 0 saturated carbocycles. The number of fused-ring (bicyclic) bond motifs is 1. The summed E-state index contributed by atoms with van der Waals surface area (Å²) in [5.41, 5.74) is 5.14. The lowest BCUT2D eigenvalue weighted by molar-refractivity contribution is -0.136. The zero-order valence-electron chi connectivity index (χ0n) is 15.8. The molecule has 0 fully saturated rings. The molecule has 29 heavy (non-hydrogen) atoms. The van der Waals surface area contributed by atoms with Gasteiger partial charge in [0.25, 0.3) is 0 Å². The molecule has 2 N–H and O–H groups in total. The first-order chi connectivity index (χ1) is 14.1. The fraction of sp³-hybridized carbons (Fsp3) is 0.0800. The first kappa shape index (κ1) is 18.6. The predicted molar refractivity (Wildman–Crippen MR) is 116 cm³/mol. The molecule has 1 aromatic heterocycles. The van der Waals surface area contributed by atoms with E-state index < -0.39 is 5.97 Å². The number of hydrogen-bond donors (Lipinski definition) is 2. The Balaban J connectivity index is 1.80. The summed E-state index contributed by atoms with van der Waals surface area (Å²) in [4.78, 5) is 10.9. The number of nitrogens with zero attached hydrogens (tertiary/aromatic N) is 1. The number of aliphatic carboxylic acids is 1. The number of carboxylic acid groups (broad SMARTS) is 1. The number of carbonyl (C=O) groups is 1. The van der Waals surface area contributed by atoms with Crippen molar-refractivity contribution in [2.24, 2.45) is 0 Å². The van der Waals surface area contributed by atoms with Crippen molar-refractivity contribution in [2.75, 3.05) is 0 Å². The number of phenolic OH excluding ortho intramolecular Hbond substituents is 1. The summed E-state index contributed by atoms with van der Waals surface area (Å²) in [6.45, 7) is 0. The van der Waals surface area contributed by atoms with Crippen LogP contribution in [0.25, 0.3) is 28.7 Å². The van der Waals surface area contributed by atoms with Crippen LogP contribution in [0.3, 0.4) is 0 Å². The van der Waals surface area contributed by atoms with Gasteiger partial charge in [-0.15, -0.1) is 0 Å². The van der Waals surface area contributed by atoms with E-state index in [4.69, 9.17) is 5.11 Å². The molecule has 4 nitrogen and oxygen atoms in total. The fourth-order valence-electron chi connectivity index (χ4n) is 3.42. The summed E-state index contributed by atoms with van der Waals surface area (Å²) in [5, 5.41) is 19.7. The lowest BCUT2D eigenvalue weighted by Gasteiger charge is -2.06. The Labute approximate surface area is 169 Å². The zero-order chi connectivity index (χ0) is 20.2. The fourth-order valence-corrected chi connectivity index (χ4v) is 3.42. The topological polar surface area (TPSA) is 62.5 Å². The zero-order valence-corrected chi connectivity index (χ0v) is 15.8. The van der Waals surface area contributed by atoms with Crippen molar-refractivity contribution in [3.8, 4) is 11.4 Å². The van der Waals surface area contributed by atoms with E-state index in [1.807, 2.05) is 54.6 Å². The lowest BCUT2D eigenvalue weighted by atomic mass is 10.0. The van der Waals surface area contributed by atoms with Gasteiger partial charge < -0.3 is 14.8 Å². The van der Waals surface area contributed by atoms with Crippen LogP contribution >= 0.6 is 0 Å². The molecular weight excluding hydrogens is 362 g/mol. The highest BCUT2D eigenvalue weighted by molar-refractivity contribution is 5.93. The van der Waals surface area contributed by atoms with E-state index in [0.717, 1.165) is 33.3 Å². The second-order valence-electron chi connectivity index (χ2n) is 6.96. The summed E-state index contributed by atoms with van der Waals surface area (Å²) in [5.74, 6) is -0.568. The van der Waals surface area contributed by atoms with Crippen molar-refractivity contribution >= 4 is 29.0 Å². The van der Waals surface area contributed by atoms with Crippen molar-refractivity contribution in [3.05, 3.63) is 95.7 Å². The Bertz CT molecular complexity index is 1170. The molecule has 3 aromatic carbocycles. The highest BCUT2D eigenvalue weighted by Crippen LogP contribution is 2.28. The van der Waals surface area contributed by atoms with Crippen LogP contribution in [0.2, 0.25) is 0 Å². The first-order valence-electron chi connectivity index (χ1n) is 9.48. The van der Waals surface area contributed by atoms with Crippen LogP contribution in [0.5, 0.6) is 5.75 Å². The third-order valence-electron chi connectivity index (χ3n) is 4.91. The monoisotopic (exact) mass is 383 g/mol. The standard InChI is InChI=1S/C25H21NO3/c27-22-12-10-21(11-13-22)26-17-20(9-6-18-4-2-1-3-5-18)23-16-19(7-14-24(23)26)8-15-25(28)29/h1-7,9-14,16-17,27H,8,15H2,(H,28,29). The van der Waals surface area contributed by atoms with Crippen LogP contribution in [0.15, 0.2) is 79.0 Å². The Hall–Kier alpha value is -3.79. The Morgan fingerprint density at radius 3 is 2.41 bits per heavy atom. The molecular formula is C25H21NO3. The molecule has 4 aromatic rings. The summed E-state index contributed by atoms with van der Waals surface area (Å²) < 4.78 is 2.08. The van der Waals surface area contributed by atoms with Gasteiger partial charge in [0.05, 0.1) is 5.52 Å². The smallest absolute Gasteiger partial charge is 0.303 e. The number of aromatic nitrogens is 1. The Morgan fingerprint density at radius 1 is 0.931 bits per heavy atom. The van der Waals surface area contributed by atoms with Crippen LogP contribution in [0.4, 0.5) is 0 Å². The molecule has 0 radical (unpaired) electrons. The van der Waals surface area contributed by atoms with Gasteiger partial charge in [0.15, 0.2) is 0 Å². The maximum Gasteiger partial charge on any atom is 0.303 e. The number of phenols is 1. The van der Waals surface area contributed by atoms with Gasteiger partial charge in [0.1, 0.15) is 5.75 Å². The molecule has 0 atom stereocenters. The van der Waals surface area contributed by atoms with Gasteiger partial charge in [0.2, 0.25) is 0 Å². The number of rotatable bonds is 6. The van der Waals surface area contributed by atoms with Crippen molar-refractivity contribution < 1.29 is 15.0 Å². The van der Waals surface area contributed by atoms with E-state index >= 15 is 0 Å². The quantitative estimate of drug-likeness (QED) is 0.461. The normalized spacial score (nSPS) is 11.3. The van der Waals surface area contributed by atoms with Gasteiger partial charge in [-0.1, -0.05) is 48.6 Å².